The van der Waals surface area contributed by atoms with Crippen molar-refractivity contribution >= 4 is 5.91 Å². The van der Waals surface area contributed by atoms with Crippen LogP contribution in [0.3, 0.4) is 0 Å². The van der Waals surface area contributed by atoms with Gasteiger partial charge in [-0.25, -0.2) is 0 Å². The second kappa shape index (κ2) is 7.25. The van der Waals surface area contributed by atoms with Crippen molar-refractivity contribution in [3.63, 3.8) is 0 Å². The molecule has 2 saturated heterocycles. The minimum atomic E-state index is -0.502. The smallest absolute Gasteiger partial charge is 0.256 e. The molecule has 0 aliphatic carbocycles. The maximum atomic E-state index is 13.3. The van der Waals surface area contributed by atoms with E-state index in [4.69, 9.17) is 18.9 Å². The van der Waals surface area contributed by atoms with Crippen molar-refractivity contribution in [2.45, 2.75) is 18.6 Å². The number of carbonyl (C=O) groups is 1. The summed E-state index contributed by atoms with van der Waals surface area (Å²) in [5.74, 6) is 0.584. The van der Waals surface area contributed by atoms with Crippen molar-refractivity contribution < 1.29 is 23.7 Å². The highest BCUT2D eigenvalue weighted by molar-refractivity contribution is 5.98. The first-order chi connectivity index (χ1) is 13.2. The molecule has 0 N–H and O–H groups in total. The van der Waals surface area contributed by atoms with Gasteiger partial charge in [0.2, 0.25) is 0 Å². The molecule has 2 aromatic rings. The summed E-state index contributed by atoms with van der Waals surface area (Å²) in [4.78, 5) is 15.2. The van der Waals surface area contributed by atoms with Crippen LogP contribution in [0, 0.1) is 0 Å². The van der Waals surface area contributed by atoms with Crippen LogP contribution in [0.25, 0.3) is 5.69 Å². The quantitative estimate of drug-likeness (QED) is 0.825. The van der Waals surface area contributed by atoms with Crippen molar-refractivity contribution in [3.05, 3.63) is 42.2 Å². The van der Waals surface area contributed by atoms with Gasteiger partial charge in [0.1, 0.15) is 0 Å². The Kier molecular flexibility index (Phi) is 4.80. The Morgan fingerprint density at radius 3 is 2.19 bits per heavy atom. The lowest BCUT2D eigenvalue weighted by molar-refractivity contribution is -0.181. The van der Waals surface area contributed by atoms with Gasteiger partial charge in [-0.3, -0.25) is 4.79 Å². The van der Waals surface area contributed by atoms with Gasteiger partial charge in [0.05, 0.1) is 38.7 Å². The van der Waals surface area contributed by atoms with Gasteiger partial charge in [0.15, 0.2) is 17.3 Å². The van der Waals surface area contributed by atoms with Crippen LogP contribution in [0.4, 0.5) is 0 Å². The predicted molar refractivity (Wildman–Crippen MR) is 98.6 cm³/mol. The van der Waals surface area contributed by atoms with Crippen LogP contribution in [-0.4, -0.2) is 61.7 Å². The number of piperidine rings is 1. The molecule has 27 heavy (non-hydrogen) atoms. The molecule has 4 rings (SSSR count). The first-order valence-electron chi connectivity index (χ1n) is 9.12. The summed E-state index contributed by atoms with van der Waals surface area (Å²) in [7, 11) is 3.16. The van der Waals surface area contributed by atoms with E-state index in [0.29, 0.717) is 56.2 Å². The Bertz CT molecular complexity index is 802. The first-order valence-corrected chi connectivity index (χ1v) is 9.12. The lowest BCUT2D eigenvalue weighted by Gasteiger charge is -2.37. The van der Waals surface area contributed by atoms with Gasteiger partial charge in [-0.1, -0.05) is 0 Å². The number of likely N-dealkylation sites (tertiary alicyclic amines) is 1. The van der Waals surface area contributed by atoms with E-state index in [9.17, 15) is 4.79 Å². The van der Waals surface area contributed by atoms with Crippen molar-refractivity contribution in [2.24, 2.45) is 0 Å². The fraction of sp³-hybridized carbons (Fsp3) is 0.450. The van der Waals surface area contributed by atoms with Gasteiger partial charge < -0.3 is 28.4 Å². The minimum Gasteiger partial charge on any atom is -0.493 e. The number of rotatable bonds is 4. The summed E-state index contributed by atoms with van der Waals surface area (Å²) in [5, 5.41) is 0. The van der Waals surface area contributed by atoms with Crippen LogP contribution in [0.5, 0.6) is 11.5 Å². The van der Waals surface area contributed by atoms with Gasteiger partial charge in [-0.2, -0.15) is 0 Å². The summed E-state index contributed by atoms with van der Waals surface area (Å²) in [6.07, 6.45) is 5.18. The second-order valence-electron chi connectivity index (χ2n) is 6.71. The number of nitrogens with zero attached hydrogens (tertiary/aromatic N) is 2. The molecule has 0 atom stereocenters. The lowest BCUT2D eigenvalue weighted by Crippen LogP contribution is -2.47. The number of ether oxygens (including phenoxy) is 4. The van der Waals surface area contributed by atoms with E-state index >= 15 is 0 Å². The molecule has 2 fully saturated rings. The topological polar surface area (TPSA) is 62.2 Å². The molecule has 1 aromatic carbocycles. The molecule has 1 spiro atoms. The molecular formula is C20H24N2O5. The fourth-order valence-electron chi connectivity index (χ4n) is 3.75. The molecule has 1 aromatic heterocycles. The summed E-state index contributed by atoms with van der Waals surface area (Å²) >= 11 is 0. The predicted octanol–water partition coefficient (Wildman–Crippen LogP) is 2.47. The number of carbonyl (C=O) groups excluding carboxylic acids is 1. The molecule has 0 radical (unpaired) electrons. The molecule has 0 bridgehead atoms. The highest BCUT2D eigenvalue weighted by Crippen LogP contribution is 2.35. The van der Waals surface area contributed by atoms with Crippen molar-refractivity contribution in [1.82, 2.24) is 9.47 Å². The molecule has 1 amide bonds. The first kappa shape index (κ1) is 17.9. The standard InChI is InChI=1S/C20H24N2O5/c1-24-17-13-15(16(14-18(17)25-2)21-7-3-4-8-21)19(23)22-9-5-20(6-10-22)26-11-12-27-20/h3-4,7-8,13-14H,5-6,9-12H2,1-2H3. The number of aromatic nitrogens is 1. The van der Waals surface area contributed by atoms with Gasteiger partial charge in [0, 0.05) is 44.4 Å². The van der Waals surface area contributed by atoms with Crippen LogP contribution < -0.4 is 9.47 Å². The van der Waals surface area contributed by atoms with Gasteiger partial charge in [-0.15, -0.1) is 0 Å². The molecule has 7 nitrogen and oxygen atoms in total. The maximum absolute atomic E-state index is 13.3. The number of hydrogen-bond acceptors (Lipinski definition) is 5. The third-order valence-electron chi connectivity index (χ3n) is 5.24. The fourth-order valence-corrected chi connectivity index (χ4v) is 3.75. The van der Waals surface area contributed by atoms with E-state index in [1.807, 2.05) is 40.1 Å². The van der Waals surface area contributed by atoms with E-state index in [2.05, 4.69) is 0 Å². The average Bonchev–Trinajstić information content (AvgIpc) is 3.39. The van der Waals surface area contributed by atoms with Crippen LogP contribution in [0.15, 0.2) is 36.7 Å². The van der Waals surface area contributed by atoms with Crippen LogP contribution >= 0.6 is 0 Å². The molecule has 3 heterocycles. The van der Waals surface area contributed by atoms with E-state index in [1.165, 1.54) is 0 Å². The normalized spacial score (nSPS) is 18.7. The van der Waals surface area contributed by atoms with Gasteiger partial charge >= 0.3 is 0 Å². The van der Waals surface area contributed by atoms with Crippen LogP contribution in [0.1, 0.15) is 23.2 Å². The highest BCUT2D eigenvalue weighted by Gasteiger charge is 2.41. The summed E-state index contributed by atoms with van der Waals surface area (Å²) in [5.41, 5.74) is 1.34. The number of amides is 1. The zero-order valence-electron chi connectivity index (χ0n) is 15.6. The monoisotopic (exact) mass is 372 g/mol. The largest absolute Gasteiger partial charge is 0.493 e. The molecule has 0 saturated carbocycles. The van der Waals surface area contributed by atoms with E-state index < -0.39 is 5.79 Å². The Hall–Kier alpha value is -2.51. The summed E-state index contributed by atoms with van der Waals surface area (Å²) < 4.78 is 24.3. The van der Waals surface area contributed by atoms with E-state index in [0.717, 1.165) is 5.69 Å². The number of benzene rings is 1. The van der Waals surface area contributed by atoms with Gasteiger partial charge in [-0.05, 0) is 18.2 Å². The molecule has 2 aliphatic heterocycles. The third kappa shape index (κ3) is 3.28. The minimum absolute atomic E-state index is 0.0347. The van der Waals surface area contributed by atoms with Crippen molar-refractivity contribution in [2.75, 3.05) is 40.5 Å². The number of methoxy groups -OCH3 is 2. The second-order valence-corrected chi connectivity index (χ2v) is 6.71. The highest BCUT2D eigenvalue weighted by atomic mass is 16.7. The molecule has 7 heteroatoms. The average molecular weight is 372 g/mol. The summed E-state index contributed by atoms with van der Waals surface area (Å²) in [6, 6.07) is 7.43. The molecule has 2 aliphatic rings. The lowest BCUT2D eigenvalue weighted by atomic mass is 10.0. The zero-order chi connectivity index (χ0) is 18.9. The van der Waals surface area contributed by atoms with Crippen molar-refractivity contribution in [3.8, 4) is 17.2 Å². The molecule has 0 unspecified atom stereocenters. The van der Waals surface area contributed by atoms with Crippen LogP contribution in [0.2, 0.25) is 0 Å². The SMILES string of the molecule is COc1cc(C(=O)N2CCC3(CC2)OCCO3)c(-n2cccc2)cc1OC. The van der Waals surface area contributed by atoms with Crippen molar-refractivity contribution in [1.29, 1.82) is 0 Å². The van der Waals surface area contributed by atoms with E-state index in [-0.39, 0.29) is 5.91 Å². The van der Waals surface area contributed by atoms with E-state index in [1.54, 1.807) is 20.3 Å². The van der Waals surface area contributed by atoms with Gasteiger partial charge in [0.25, 0.3) is 5.91 Å². The third-order valence-corrected chi connectivity index (χ3v) is 5.24. The Morgan fingerprint density at radius 2 is 1.59 bits per heavy atom. The zero-order valence-corrected chi connectivity index (χ0v) is 15.6. The summed E-state index contributed by atoms with van der Waals surface area (Å²) in [6.45, 7) is 2.44. The Labute approximate surface area is 158 Å². The Balaban J connectivity index is 1.64. The molecular weight excluding hydrogens is 348 g/mol. The maximum Gasteiger partial charge on any atom is 0.256 e. The Morgan fingerprint density at radius 1 is 1.00 bits per heavy atom. The van der Waals surface area contributed by atoms with Crippen LogP contribution in [-0.2, 0) is 9.47 Å². The number of hydrogen-bond donors (Lipinski definition) is 0. The molecule has 144 valence electrons.